The van der Waals surface area contributed by atoms with Crippen LogP contribution in [0.15, 0.2) is 60.7 Å². The Morgan fingerprint density at radius 1 is 1.00 bits per heavy atom. The summed E-state index contributed by atoms with van der Waals surface area (Å²) in [5, 5.41) is 2.48. The van der Waals surface area contributed by atoms with Gasteiger partial charge in [-0.05, 0) is 35.2 Å². The Bertz CT molecular complexity index is 791. The molecule has 2 aliphatic rings. The SMILES string of the molecule is C[C@H](O[Si](c1ccccc1)(c1ccccc1)C(C)(C)C)[C@@H]1C(=O)N2CCC[C@H]12. The van der Waals surface area contributed by atoms with Crippen molar-refractivity contribution in [3.63, 3.8) is 0 Å². The number of hydrogen-bond acceptors (Lipinski definition) is 2. The summed E-state index contributed by atoms with van der Waals surface area (Å²) < 4.78 is 7.15. The molecule has 148 valence electrons. The predicted molar refractivity (Wildman–Crippen MR) is 116 cm³/mol. The monoisotopic (exact) mass is 393 g/mol. The molecule has 2 aromatic carbocycles. The average molecular weight is 394 g/mol. The minimum absolute atomic E-state index is 0.00384. The predicted octanol–water partition coefficient (Wildman–Crippen LogP) is 3.57. The van der Waals surface area contributed by atoms with Crippen molar-refractivity contribution in [3.05, 3.63) is 60.7 Å². The molecule has 2 fully saturated rings. The first-order chi connectivity index (χ1) is 13.4. The zero-order valence-electron chi connectivity index (χ0n) is 17.4. The molecular formula is C24H31NO2Si. The summed E-state index contributed by atoms with van der Waals surface area (Å²) in [6, 6.07) is 21.8. The standard InChI is InChI=1S/C24H31NO2Si/c1-18(22-21-16-11-17-25(21)23(22)26)27-28(24(2,3)4,19-12-7-5-8-13-19)20-14-9-6-10-15-20/h5-10,12-15,18,21-22H,11,16-17H2,1-4H3/t18-,21+,22-/m0/s1. The van der Waals surface area contributed by atoms with Crippen LogP contribution >= 0.6 is 0 Å². The lowest BCUT2D eigenvalue weighted by molar-refractivity contribution is -0.158. The van der Waals surface area contributed by atoms with E-state index in [1.807, 2.05) is 0 Å². The highest BCUT2D eigenvalue weighted by molar-refractivity contribution is 6.99. The molecule has 0 saturated carbocycles. The number of amides is 1. The quantitative estimate of drug-likeness (QED) is 0.574. The highest BCUT2D eigenvalue weighted by Crippen LogP contribution is 2.42. The Hall–Kier alpha value is -1.91. The molecule has 2 saturated heterocycles. The van der Waals surface area contributed by atoms with E-state index in [1.54, 1.807) is 0 Å². The van der Waals surface area contributed by atoms with Gasteiger partial charge in [0.2, 0.25) is 5.91 Å². The van der Waals surface area contributed by atoms with Crippen molar-refractivity contribution in [1.29, 1.82) is 0 Å². The topological polar surface area (TPSA) is 29.5 Å². The first-order valence-electron chi connectivity index (χ1n) is 10.5. The van der Waals surface area contributed by atoms with Crippen LogP contribution in [0.4, 0.5) is 0 Å². The van der Waals surface area contributed by atoms with Crippen molar-refractivity contribution in [2.75, 3.05) is 6.54 Å². The fraction of sp³-hybridized carbons (Fsp3) is 0.458. The summed E-state index contributed by atoms with van der Waals surface area (Å²) >= 11 is 0. The number of nitrogens with zero attached hydrogens (tertiary/aromatic N) is 1. The Morgan fingerprint density at radius 2 is 1.54 bits per heavy atom. The number of fused-ring (bicyclic) bond motifs is 1. The normalized spacial score (nSPS) is 23.3. The Kier molecular flexibility index (Phi) is 4.96. The number of carbonyl (C=O) groups excluding carboxylic acids is 1. The fourth-order valence-electron chi connectivity index (χ4n) is 5.27. The molecule has 4 rings (SSSR count). The molecule has 4 heteroatoms. The maximum atomic E-state index is 12.8. The largest absolute Gasteiger partial charge is 0.404 e. The van der Waals surface area contributed by atoms with Crippen LogP contribution in [0.2, 0.25) is 5.04 Å². The molecule has 3 nitrogen and oxygen atoms in total. The molecule has 0 bridgehead atoms. The van der Waals surface area contributed by atoms with Gasteiger partial charge in [-0.2, -0.15) is 0 Å². The average Bonchev–Trinajstić information content (AvgIpc) is 3.10. The molecule has 2 heterocycles. The molecule has 0 unspecified atom stereocenters. The van der Waals surface area contributed by atoms with Crippen molar-refractivity contribution in [1.82, 2.24) is 4.90 Å². The third kappa shape index (κ3) is 2.94. The maximum absolute atomic E-state index is 12.8. The van der Waals surface area contributed by atoms with E-state index in [-0.39, 0.29) is 23.0 Å². The second kappa shape index (κ2) is 7.16. The van der Waals surface area contributed by atoms with Crippen LogP contribution < -0.4 is 10.4 Å². The molecule has 0 radical (unpaired) electrons. The maximum Gasteiger partial charge on any atom is 0.261 e. The fourth-order valence-corrected chi connectivity index (χ4v) is 9.99. The lowest BCUT2D eigenvalue weighted by Gasteiger charge is -2.50. The second-order valence-electron chi connectivity index (χ2n) is 9.25. The van der Waals surface area contributed by atoms with E-state index in [0.717, 1.165) is 19.4 Å². The van der Waals surface area contributed by atoms with E-state index in [0.29, 0.717) is 6.04 Å². The van der Waals surface area contributed by atoms with Crippen molar-refractivity contribution >= 4 is 24.6 Å². The van der Waals surface area contributed by atoms with Gasteiger partial charge in [0.05, 0.1) is 12.0 Å². The van der Waals surface area contributed by atoms with E-state index >= 15 is 0 Å². The molecule has 0 aromatic heterocycles. The molecule has 0 spiro atoms. The van der Waals surface area contributed by atoms with Crippen LogP contribution in [0.1, 0.15) is 40.5 Å². The Labute approximate surface area is 169 Å². The third-order valence-electron chi connectivity index (χ3n) is 6.57. The summed E-state index contributed by atoms with van der Waals surface area (Å²) in [4.78, 5) is 14.8. The van der Waals surface area contributed by atoms with Crippen molar-refractivity contribution in [2.24, 2.45) is 5.92 Å². The smallest absolute Gasteiger partial charge is 0.261 e. The van der Waals surface area contributed by atoms with Crippen LogP contribution in [0, 0.1) is 5.92 Å². The minimum atomic E-state index is -2.60. The van der Waals surface area contributed by atoms with Crippen LogP contribution in [0.3, 0.4) is 0 Å². The summed E-state index contributed by atoms with van der Waals surface area (Å²) in [7, 11) is -2.60. The van der Waals surface area contributed by atoms with Crippen molar-refractivity contribution in [3.8, 4) is 0 Å². The summed E-state index contributed by atoms with van der Waals surface area (Å²) in [6.07, 6.45) is 2.15. The molecule has 28 heavy (non-hydrogen) atoms. The summed E-state index contributed by atoms with van der Waals surface area (Å²) in [5.41, 5.74) is 0. The van der Waals surface area contributed by atoms with Gasteiger partial charge in [0, 0.05) is 12.6 Å². The first-order valence-corrected chi connectivity index (χ1v) is 12.4. The van der Waals surface area contributed by atoms with Gasteiger partial charge in [0.15, 0.2) is 0 Å². The Balaban J connectivity index is 1.78. The third-order valence-corrected chi connectivity index (χ3v) is 11.7. The molecule has 2 aromatic rings. The minimum Gasteiger partial charge on any atom is -0.404 e. The number of rotatable bonds is 5. The van der Waals surface area contributed by atoms with Crippen LogP contribution in [0.25, 0.3) is 0 Å². The molecular weight excluding hydrogens is 362 g/mol. The van der Waals surface area contributed by atoms with Crippen LogP contribution in [0.5, 0.6) is 0 Å². The van der Waals surface area contributed by atoms with E-state index in [9.17, 15) is 4.79 Å². The van der Waals surface area contributed by atoms with E-state index in [2.05, 4.69) is 93.3 Å². The van der Waals surface area contributed by atoms with Crippen molar-refractivity contribution in [2.45, 2.75) is 57.7 Å². The number of carbonyl (C=O) groups is 1. The highest BCUT2D eigenvalue weighted by atomic mass is 28.4. The lowest BCUT2D eigenvalue weighted by Crippen LogP contribution is -2.70. The van der Waals surface area contributed by atoms with Crippen molar-refractivity contribution < 1.29 is 9.22 Å². The van der Waals surface area contributed by atoms with E-state index in [4.69, 9.17) is 4.43 Å². The highest BCUT2D eigenvalue weighted by Gasteiger charge is 2.56. The Morgan fingerprint density at radius 3 is 2.04 bits per heavy atom. The molecule has 0 N–H and O–H groups in total. The molecule has 2 aliphatic heterocycles. The van der Waals surface area contributed by atoms with Crippen LogP contribution in [-0.4, -0.2) is 37.8 Å². The molecule has 0 aliphatic carbocycles. The number of hydrogen-bond donors (Lipinski definition) is 0. The van der Waals surface area contributed by atoms with Gasteiger partial charge in [0.1, 0.15) is 0 Å². The second-order valence-corrected chi connectivity index (χ2v) is 13.5. The summed E-state index contributed by atoms with van der Waals surface area (Å²) in [6.45, 7) is 9.91. The van der Waals surface area contributed by atoms with Gasteiger partial charge < -0.3 is 9.33 Å². The van der Waals surface area contributed by atoms with Gasteiger partial charge in [-0.1, -0.05) is 81.4 Å². The summed E-state index contributed by atoms with van der Waals surface area (Å²) in [5.74, 6) is 0.289. The van der Waals surface area contributed by atoms with E-state index in [1.165, 1.54) is 10.4 Å². The number of benzene rings is 2. The van der Waals surface area contributed by atoms with E-state index < -0.39 is 8.32 Å². The van der Waals surface area contributed by atoms with Gasteiger partial charge >= 0.3 is 0 Å². The zero-order chi connectivity index (χ0) is 19.9. The first kappa shape index (κ1) is 19.4. The lowest BCUT2D eigenvalue weighted by atomic mass is 9.84. The molecule has 1 amide bonds. The van der Waals surface area contributed by atoms with Gasteiger partial charge in [0.25, 0.3) is 8.32 Å². The van der Waals surface area contributed by atoms with Crippen LogP contribution in [-0.2, 0) is 9.22 Å². The van der Waals surface area contributed by atoms with Gasteiger partial charge in [-0.15, -0.1) is 0 Å². The number of β-lactam (4-membered cyclic amide) rings is 1. The zero-order valence-corrected chi connectivity index (χ0v) is 18.4. The van der Waals surface area contributed by atoms with Gasteiger partial charge in [-0.25, -0.2) is 0 Å². The van der Waals surface area contributed by atoms with Gasteiger partial charge in [-0.3, -0.25) is 4.79 Å². The molecule has 3 atom stereocenters.